The molecule has 2 rings (SSSR count). The molecule has 3 nitrogen and oxygen atoms in total. The molecule has 0 aliphatic carbocycles. The van der Waals surface area contributed by atoms with Gasteiger partial charge >= 0.3 is 0 Å². The second-order valence-corrected chi connectivity index (χ2v) is 6.19. The zero-order valence-electron chi connectivity index (χ0n) is 11.1. The average molecular weight is 376 g/mol. The third-order valence-corrected chi connectivity index (χ3v) is 5.14. The van der Waals surface area contributed by atoms with Crippen molar-refractivity contribution in [3.05, 3.63) is 43.0 Å². The fourth-order valence-electron chi connectivity index (χ4n) is 1.74. The molecule has 0 radical (unpaired) electrons. The van der Waals surface area contributed by atoms with Gasteiger partial charge in [-0.1, -0.05) is 11.6 Å². The summed E-state index contributed by atoms with van der Waals surface area (Å²) in [5.41, 5.74) is 1.32. The number of carbonyl (C=O) groups is 1. The molecule has 0 N–H and O–H groups in total. The van der Waals surface area contributed by atoms with Crippen molar-refractivity contribution in [3.63, 3.8) is 0 Å². The molecule has 2 aromatic rings. The van der Waals surface area contributed by atoms with Gasteiger partial charge in [-0.15, -0.1) is 11.3 Å². The average Bonchev–Trinajstić information content (AvgIpc) is 2.78. The predicted octanol–water partition coefficient (Wildman–Crippen LogP) is 4.72. The van der Waals surface area contributed by atoms with E-state index in [4.69, 9.17) is 21.1 Å². The molecule has 1 heterocycles. The first-order chi connectivity index (χ1) is 9.49. The van der Waals surface area contributed by atoms with Crippen molar-refractivity contribution in [2.24, 2.45) is 0 Å². The van der Waals surface area contributed by atoms with Gasteiger partial charge < -0.3 is 9.47 Å². The maximum atomic E-state index is 12.6. The summed E-state index contributed by atoms with van der Waals surface area (Å²) in [4.78, 5) is 13.1. The maximum Gasteiger partial charge on any atom is 0.208 e. The molecule has 0 amide bonds. The van der Waals surface area contributed by atoms with E-state index in [1.807, 2.05) is 12.3 Å². The van der Waals surface area contributed by atoms with Gasteiger partial charge in [-0.2, -0.15) is 0 Å². The van der Waals surface area contributed by atoms with E-state index in [1.54, 1.807) is 19.2 Å². The van der Waals surface area contributed by atoms with Crippen molar-refractivity contribution in [2.45, 2.75) is 6.92 Å². The molecule has 0 saturated heterocycles. The van der Waals surface area contributed by atoms with Gasteiger partial charge in [-0.25, -0.2) is 0 Å². The molecule has 1 aromatic carbocycles. The SMILES string of the molecule is COc1cc(C(=O)c2scc(C)c2Cl)c(OC)cc1Br. The molecule has 0 atom stereocenters. The second kappa shape index (κ2) is 6.16. The number of ketones is 1. The third kappa shape index (κ3) is 2.71. The Morgan fingerprint density at radius 2 is 1.90 bits per heavy atom. The first-order valence-electron chi connectivity index (χ1n) is 5.69. The summed E-state index contributed by atoms with van der Waals surface area (Å²) in [7, 11) is 3.06. The van der Waals surface area contributed by atoms with Gasteiger partial charge in [0.25, 0.3) is 0 Å². The lowest BCUT2D eigenvalue weighted by Crippen LogP contribution is -2.04. The van der Waals surface area contributed by atoms with Gasteiger partial charge in [0.2, 0.25) is 5.78 Å². The molecule has 0 fully saturated rings. The van der Waals surface area contributed by atoms with E-state index >= 15 is 0 Å². The first-order valence-corrected chi connectivity index (χ1v) is 7.74. The summed E-state index contributed by atoms with van der Waals surface area (Å²) in [6.45, 7) is 1.87. The molecule has 0 spiro atoms. The predicted molar refractivity (Wildman–Crippen MR) is 84.7 cm³/mol. The Hall–Kier alpha value is -1.04. The van der Waals surface area contributed by atoms with Crippen molar-refractivity contribution >= 4 is 44.7 Å². The maximum absolute atomic E-state index is 12.6. The molecule has 0 aliphatic rings. The minimum atomic E-state index is -0.171. The molecule has 6 heteroatoms. The summed E-state index contributed by atoms with van der Waals surface area (Å²) in [5, 5.41) is 2.35. The molecule has 106 valence electrons. The largest absolute Gasteiger partial charge is 0.496 e. The normalized spacial score (nSPS) is 10.4. The number of benzene rings is 1. The van der Waals surface area contributed by atoms with Crippen molar-refractivity contribution in [1.29, 1.82) is 0 Å². The van der Waals surface area contributed by atoms with Crippen LogP contribution >= 0.6 is 38.9 Å². The lowest BCUT2D eigenvalue weighted by molar-refractivity contribution is 0.103. The number of rotatable bonds is 4. The van der Waals surface area contributed by atoms with E-state index in [1.165, 1.54) is 18.4 Å². The Bertz CT molecular complexity index is 667. The van der Waals surface area contributed by atoms with E-state index in [2.05, 4.69) is 15.9 Å². The van der Waals surface area contributed by atoms with Gasteiger partial charge in [-0.05, 0) is 45.9 Å². The highest BCUT2D eigenvalue weighted by atomic mass is 79.9. The summed E-state index contributed by atoms with van der Waals surface area (Å²) in [6, 6.07) is 3.36. The molecule has 1 aromatic heterocycles. The van der Waals surface area contributed by atoms with Gasteiger partial charge in [-0.3, -0.25) is 4.79 Å². The summed E-state index contributed by atoms with van der Waals surface area (Å²) < 4.78 is 11.2. The van der Waals surface area contributed by atoms with Crippen LogP contribution in [0.25, 0.3) is 0 Å². The monoisotopic (exact) mass is 374 g/mol. The Labute approximate surface area is 134 Å². The molecular formula is C14H12BrClO3S. The number of methoxy groups -OCH3 is 2. The van der Waals surface area contributed by atoms with Crippen LogP contribution in [0.1, 0.15) is 20.8 Å². The van der Waals surface area contributed by atoms with Crippen LogP contribution in [0.2, 0.25) is 5.02 Å². The third-order valence-electron chi connectivity index (χ3n) is 2.82. The fraction of sp³-hybridized carbons (Fsp3) is 0.214. The van der Waals surface area contributed by atoms with Crippen LogP contribution < -0.4 is 9.47 Å². The number of hydrogen-bond donors (Lipinski definition) is 0. The van der Waals surface area contributed by atoms with Crippen LogP contribution in [0.3, 0.4) is 0 Å². The van der Waals surface area contributed by atoms with Gasteiger partial charge in [0.05, 0.1) is 34.2 Å². The number of halogens is 2. The molecule has 0 aliphatic heterocycles. The van der Waals surface area contributed by atoms with Crippen LogP contribution in [0, 0.1) is 6.92 Å². The first kappa shape index (κ1) is 15.4. The van der Waals surface area contributed by atoms with Crippen LogP contribution in [-0.4, -0.2) is 20.0 Å². The molecule has 0 bridgehead atoms. The van der Waals surface area contributed by atoms with Crippen LogP contribution in [0.4, 0.5) is 0 Å². The van der Waals surface area contributed by atoms with Gasteiger partial charge in [0.15, 0.2) is 0 Å². The second-order valence-electron chi connectivity index (χ2n) is 4.08. The van der Waals surface area contributed by atoms with Crippen molar-refractivity contribution in [1.82, 2.24) is 0 Å². The topological polar surface area (TPSA) is 35.5 Å². The Balaban J connectivity index is 2.56. The standard InChI is InChI=1S/C14H12BrClO3S/c1-7-6-20-14(12(7)16)13(17)8-4-11(19-3)9(15)5-10(8)18-2/h4-6H,1-3H3. The Morgan fingerprint density at radius 1 is 1.25 bits per heavy atom. The van der Waals surface area contributed by atoms with Crippen molar-refractivity contribution < 1.29 is 14.3 Å². The zero-order valence-corrected chi connectivity index (χ0v) is 14.3. The van der Waals surface area contributed by atoms with Crippen LogP contribution in [0.5, 0.6) is 11.5 Å². The van der Waals surface area contributed by atoms with E-state index in [-0.39, 0.29) is 5.78 Å². The Kier molecular flexibility index (Phi) is 4.73. The van der Waals surface area contributed by atoms with E-state index in [0.717, 1.165) is 10.0 Å². The van der Waals surface area contributed by atoms with E-state index in [0.29, 0.717) is 27.0 Å². The van der Waals surface area contributed by atoms with Crippen molar-refractivity contribution in [2.75, 3.05) is 14.2 Å². The molecule has 0 saturated carbocycles. The highest BCUT2D eigenvalue weighted by molar-refractivity contribution is 9.10. The minimum Gasteiger partial charge on any atom is -0.496 e. The number of hydrogen-bond acceptors (Lipinski definition) is 4. The van der Waals surface area contributed by atoms with Gasteiger partial charge in [0.1, 0.15) is 11.5 Å². The quantitative estimate of drug-likeness (QED) is 0.725. The van der Waals surface area contributed by atoms with Crippen LogP contribution in [0.15, 0.2) is 22.0 Å². The highest BCUT2D eigenvalue weighted by Gasteiger charge is 2.22. The number of carbonyl (C=O) groups excluding carboxylic acids is 1. The molecular weight excluding hydrogens is 364 g/mol. The summed E-state index contributed by atoms with van der Waals surface area (Å²) >= 11 is 10.9. The summed E-state index contributed by atoms with van der Waals surface area (Å²) in [5.74, 6) is 0.874. The lowest BCUT2D eigenvalue weighted by Gasteiger charge is -2.11. The van der Waals surface area contributed by atoms with E-state index in [9.17, 15) is 4.79 Å². The summed E-state index contributed by atoms with van der Waals surface area (Å²) in [6.07, 6.45) is 0. The van der Waals surface area contributed by atoms with Gasteiger partial charge in [0, 0.05) is 0 Å². The zero-order chi connectivity index (χ0) is 14.9. The van der Waals surface area contributed by atoms with Crippen molar-refractivity contribution in [3.8, 4) is 11.5 Å². The fourth-order valence-corrected chi connectivity index (χ4v) is 3.46. The molecule has 20 heavy (non-hydrogen) atoms. The smallest absolute Gasteiger partial charge is 0.208 e. The van der Waals surface area contributed by atoms with E-state index < -0.39 is 0 Å². The molecule has 0 unspecified atom stereocenters. The number of aryl methyl sites for hydroxylation is 1. The minimum absolute atomic E-state index is 0.171. The highest BCUT2D eigenvalue weighted by Crippen LogP contribution is 2.36. The number of thiophene rings is 1. The Morgan fingerprint density at radius 3 is 2.40 bits per heavy atom. The number of ether oxygens (including phenoxy) is 2. The lowest BCUT2D eigenvalue weighted by atomic mass is 10.1. The van der Waals surface area contributed by atoms with Crippen LogP contribution in [-0.2, 0) is 0 Å².